The standard InChI is InChI=1S/C28H17F2OP/c29-21-8-12-23(13-9-21)32(31,24-14-10-22(30)11-15-24)26-17-7-20-5-4-18-2-1-3-19-6-16-25(26)28(20)27(18)19/h1-17H. The molecular formula is C28H17F2OP. The Labute approximate surface area is 183 Å². The minimum atomic E-state index is -3.41. The van der Waals surface area contributed by atoms with E-state index >= 15 is 0 Å². The van der Waals surface area contributed by atoms with Crippen molar-refractivity contribution in [3.8, 4) is 0 Å². The molecule has 6 aromatic rings. The van der Waals surface area contributed by atoms with Gasteiger partial charge in [0.2, 0.25) is 0 Å². The van der Waals surface area contributed by atoms with Crippen molar-refractivity contribution in [1.29, 1.82) is 0 Å². The summed E-state index contributed by atoms with van der Waals surface area (Å²) in [5, 5.41) is 8.09. The molecule has 0 saturated heterocycles. The lowest BCUT2D eigenvalue weighted by Gasteiger charge is -2.23. The molecule has 0 atom stereocenters. The summed E-state index contributed by atoms with van der Waals surface area (Å²) in [6.07, 6.45) is 0. The molecule has 4 heteroatoms. The van der Waals surface area contributed by atoms with Crippen LogP contribution in [0.25, 0.3) is 32.3 Å². The van der Waals surface area contributed by atoms with Crippen molar-refractivity contribution in [2.75, 3.05) is 0 Å². The van der Waals surface area contributed by atoms with E-state index in [4.69, 9.17) is 0 Å². The van der Waals surface area contributed by atoms with Gasteiger partial charge in [-0.05, 0) is 86.9 Å². The summed E-state index contributed by atoms with van der Waals surface area (Å²) in [5.41, 5.74) is 0. The fraction of sp³-hybridized carbons (Fsp3) is 0. The lowest BCUT2D eigenvalue weighted by molar-refractivity contribution is 0.592. The zero-order chi connectivity index (χ0) is 21.9. The maximum absolute atomic E-state index is 14.9. The van der Waals surface area contributed by atoms with Crippen LogP contribution in [-0.2, 0) is 4.57 Å². The molecule has 32 heavy (non-hydrogen) atoms. The van der Waals surface area contributed by atoms with Gasteiger partial charge >= 0.3 is 0 Å². The Balaban J connectivity index is 1.75. The van der Waals surface area contributed by atoms with Gasteiger partial charge in [0, 0.05) is 15.9 Å². The van der Waals surface area contributed by atoms with Crippen LogP contribution in [-0.4, -0.2) is 0 Å². The second-order valence-electron chi connectivity index (χ2n) is 8.00. The normalized spacial score (nSPS) is 12.2. The fourth-order valence-electron chi connectivity index (χ4n) is 4.72. The topological polar surface area (TPSA) is 17.1 Å². The number of rotatable bonds is 3. The highest BCUT2D eigenvalue weighted by Crippen LogP contribution is 2.46. The third-order valence-corrected chi connectivity index (χ3v) is 9.34. The van der Waals surface area contributed by atoms with Crippen molar-refractivity contribution in [3.63, 3.8) is 0 Å². The zero-order valence-corrected chi connectivity index (χ0v) is 17.8. The average Bonchev–Trinajstić information content (AvgIpc) is 2.83. The predicted octanol–water partition coefficient (Wildman–Crippen LogP) is 6.50. The van der Waals surface area contributed by atoms with E-state index in [0.29, 0.717) is 15.9 Å². The van der Waals surface area contributed by atoms with Gasteiger partial charge in [-0.1, -0.05) is 48.5 Å². The highest BCUT2D eigenvalue weighted by Gasteiger charge is 2.32. The third-order valence-electron chi connectivity index (χ3n) is 6.23. The van der Waals surface area contributed by atoms with Gasteiger partial charge < -0.3 is 4.57 Å². The first-order chi connectivity index (χ1) is 15.6. The maximum atomic E-state index is 14.9. The van der Waals surface area contributed by atoms with Crippen LogP contribution in [0.4, 0.5) is 8.78 Å². The smallest absolute Gasteiger partial charge is 0.171 e. The van der Waals surface area contributed by atoms with E-state index in [2.05, 4.69) is 24.3 Å². The number of benzene rings is 6. The second kappa shape index (κ2) is 6.98. The molecule has 0 aliphatic carbocycles. The van der Waals surface area contributed by atoms with Gasteiger partial charge in [-0.15, -0.1) is 0 Å². The molecule has 0 bridgehead atoms. The van der Waals surface area contributed by atoms with Crippen molar-refractivity contribution < 1.29 is 13.3 Å². The fourth-order valence-corrected chi connectivity index (χ4v) is 7.53. The molecule has 0 amide bonds. The number of hydrogen-bond donors (Lipinski definition) is 0. The van der Waals surface area contributed by atoms with Crippen LogP contribution in [0.3, 0.4) is 0 Å². The van der Waals surface area contributed by atoms with Gasteiger partial charge in [0.15, 0.2) is 7.14 Å². The Morgan fingerprint density at radius 3 is 1.53 bits per heavy atom. The Morgan fingerprint density at radius 2 is 0.969 bits per heavy atom. The quantitative estimate of drug-likeness (QED) is 0.228. The zero-order valence-electron chi connectivity index (χ0n) is 16.9. The monoisotopic (exact) mass is 438 g/mol. The number of halogens is 2. The van der Waals surface area contributed by atoms with E-state index in [1.807, 2.05) is 30.3 Å². The SMILES string of the molecule is O=P(c1ccc(F)cc1)(c1ccc(F)cc1)c1ccc2ccc3cccc4ccc1c2c34. The summed E-state index contributed by atoms with van der Waals surface area (Å²) in [4.78, 5) is 0. The Hall–Kier alpha value is -3.55. The first kappa shape index (κ1) is 19.2. The van der Waals surface area contributed by atoms with Crippen molar-refractivity contribution >= 4 is 55.4 Å². The predicted molar refractivity (Wildman–Crippen MR) is 129 cm³/mol. The molecule has 0 radical (unpaired) electrons. The summed E-state index contributed by atoms with van der Waals surface area (Å²) < 4.78 is 42.4. The summed E-state index contributed by atoms with van der Waals surface area (Å²) in [6, 6.07) is 29.9. The molecule has 0 unspecified atom stereocenters. The van der Waals surface area contributed by atoms with E-state index < -0.39 is 18.8 Å². The minimum Gasteiger partial charge on any atom is -0.309 e. The van der Waals surface area contributed by atoms with Crippen molar-refractivity contribution in [1.82, 2.24) is 0 Å². The molecular weight excluding hydrogens is 421 g/mol. The molecule has 6 aromatic carbocycles. The lowest BCUT2D eigenvalue weighted by Crippen LogP contribution is -2.26. The molecule has 6 rings (SSSR count). The van der Waals surface area contributed by atoms with Gasteiger partial charge in [0.05, 0.1) is 0 Å². The van der Waals surface area contributed by atoms with Gasteiger partial charge in [0.25, 0.3) is 0 Å². The average molecular weight is 438 g/mol. The van der Waals surface area contributed by atoms with E-state index in [1.165, 1.54) is 24.3 Å². The molecule has 0 N–H and O–H groups in total. The lowest BCUT2D eigenvalue weighted by atomic mass is 9.94. The molecule has 0 aliphatic rings. The van der Waals surface area contributed by atoms with E-state index in [1.54, 1.807) is 24.3 Å². The van der Waals surface area contributed by atoms with Crippen LogP contribution >= 0.6 is 7.14 Å². The summed E-state index contributed by atoms with van der Waals surface area (Å²) in [7, 11) is -3.41. The van der Waals surface area contributed by atoms with Crippen LogP contribution < -0.4 is 15.9 Å². The molecule has 154 valence electrons. The third kappa shape index (κ3) is 2.71. The molecule has 0 spiro atoms. The van der Waals surface area contributed by atoms with Crippen LogP contribution in [0, 0.1) is 11.6 Å². The first-order valence-corrected chi connectivity index (χ1v) is 12.1. The van der Waals surface area contributed by atoms with Crippen LogP contribution in [0.2, 0.25) is 0 Å². The van der Waals surface area contributed by atoms with Crippen LogP contribution in [0.1, 0.15) is 0 Å². The molecule has 0 saturated carbocycles. The molecule has 0 heterocycles. The van der Waals surface area contributed by atoms with Gasteiger partial charge in [-0.3, -0.25) is 0 Å². The summed E-state index contributed by atoms with van der Waals surface area (Å²) >= 11 is 0. The van der Waals surface area contributed by atoms with Crippen molar-refractivity contribution in [2.45, 2.75) is 0 Å². The summed E-state index contributed by atoms with van der Waals surface area (Å²) in [6.45, 7) is 0. The minimum absolute atomic E-state index is 0.394. The van der Waals surface area contributed by atoms with Gasteiger partial charge in [-0.2, -0.15) is 0 Å². The van der Waals surface area contributed by atoms with E-state index in [-0.39, 0.29) is 0 Å². The molecule has 0 aromatic heterocycles. The Morgan fingerprint density at radius 1 is 0.500 bits per heavy atom. The highest BCUT2D eigenvalue weighted by molar-refractivity contribution is 7.85. The van der Waals surface area contributed by atoms with Crippen molar-refractivity contribution in [3.05, 3.63) is 115 Å². The van der Waals surface area contributed by atoms with Gasteiger partial charge in [0.1, 0.15) is 11.6 Å². The summed E-state index contributed by atoms with van der Waals surface area (Å²) in [5.74, 6) is -0.787. The molecule has 1 nitrogen and oxygen atoms in total. The largest absolute Gasteiger partial charge is 0.309 e. The van der Waals surface area contributed by atoms with E-state index in [0.717, 1.165) is 32.3 Å². The molecule has 0 fully saturated rings. The van der Waals surface area contributed by atoms with E-state index in [9.17, 15) is 13.3 Å². The second-order valence-corrected chi connectivity index (χ2v) is 10.7. The van der Waals surface area contributed by atoms with Crippen molar-refractivity contribution in [2.24, 2.45) is 0 Å². The maximum Gasteiger partial charge on any atom is 0.171 e. The van der Waals surface area contributed by atoms with Crippen LogP contribution in [0.5, 0.6) is 0 Å². The first-order valence-electron chi connectivity index (χ1n) is 10.4. The van der Waals surface area contributed by atoms with Gasteiger partial charge in [-0.25, -0.2) is 8.78 Å². The molecule has 0 aliphatic heterocycles. The van der Waals surface area contributed by atoms with Crippen LogP contribution in [0.15, 0.2) is 103 Å². The Kier molecular flexibility index (Phi) is 4.18. The highest BCUT2D eigenvalue weighted by atomic mass is 31.2. The number of hydrogen-bond acceptors (Lipinski definition) is 1. The Bertz CT molecular complexity index is 1590.